The summed E-state index contributed by atoms with van der Waals surface area (Å²) < 4.78 is 0. The van der Waals surface area contributed by atoms with E-state index in [1.54, 1.807) is 36.5 Å². The van der Waals surface area contributed by atoms with Crippen LogP contribution in [0.1, 0.15) is 186 Å². The van der Waals surface area contributed by atoms with Gasteiger partial charge in [0, 0.05) is 253 Å². The quantitative estimate of drug-likeness (QED) is 0.0326. The first-order valence-corrected chi connectivity index (χ1v) is 45.0. The van der Waals surface area contributed by atoms with Crippen molar-refractivity contribution in [2.75, 3.05) is 74.0 Å². The van der Waals surface area contributed by atoms with Crippen LogP contribution < -0.4 is 107 Å². The number of amides is 17. The molecule has 38 heteroatoms. The van der Waals surface area contributed by atoms with Crippen LogP contribution >= 0.6 is 0 Å². The molecule has 15 unspecified atom stereocenters. The van der Waals surface area contributed by atoms with Crippen LogP contribution in [0.3, 0.4) is 0 Å². The van der Waals surface area contributed by atoms with Crippen molar-refractivity contribution in [3.63, 3.8) is 0 Å². The molecule has 10 aliphatic carbocycles. The van der Waals surface area contributed by atoms with Crippen molar-refractivity contribution in [2.45, 2.75) is 228 Å². The number of ketones is 1. The second-order valence-corrected chi connectivity index (χ2v) is 34.9. The average Bonchev–Trinajstić information content (AvgIpc) is 1.66. The summed E-state index contributed by atoms with van der Waals surface area (Å²) in [4.78, 5) is 239. The average molecular weight is 1770 g/mol. The van der Waals surface area contributed by atoms with E-state index >= 15 is 0 Å². The van der Waals surface area contributed by atoms with E-state index in [9.17, 15) is 86.3 Å². The molecule has 6 saturated carbocycles. The first kappa shape index (κ1) is 97.7. The van der Waals surface area contributed by atoms with Crippen molar-refractivity contribution < 1.29 is 86.3 Å². The number of nitrogens with one attached hydrogen (secondary N) is 19. The van der Waals surface area contributed by atoms with E-state index in [0.29, 0.717) is 92.4 Å². The minimum absolute atomic E-state index is 0.00504. The molecule has 0 aromatic carbocycles. The van der Waals surface area contributed by atoms with E-state index in [1.165, 1.54) is 26.2 Å². The summed E-state index contributed by atoms with van der Waals surface area (Å²) >= 11 is 0. The van der Waals surface area contributed by atoms with E-state index < -0.39 is 89.5 Å². The zero-order valence-electron chi connectivity index (χ0n) is 73.2. The predicted octanol–water partition coefficient (Wildman–Crippen LogP) is -1.61. The van der Waals surface area contributed by atoms with Crippen LogP contribution in [0.2, 0.25) is 0 Å². The molecule has 0 aromatic rings. The van der Waals surface area contributed by atoms with E-state index in [0.717, 1.165) is 38.5 Å². The Kier molecular flexibility index (Phi) is 37.2. The van der Waals surface area contributed by atoms with E-state index in [-0.39, 0.29) is 253 Å². The normalized spacial score (nSPS) is 25.1. The molecule has 17 amide bonds. The van der Waals surface area contributed by atoms with Gasteiger partial charge in [0.1, 0.15) is 0 Å². The van der Waals surface area contributed by atoms with Crippen LogP contribution in [0, 0.1) is 47.3 Å². The molecule has 10 rings (SSSR count). The van der Waals surface area contributed by atoms with Crippen molar-refractivity contribution >= 4 is 106 Å². The van der Waals surface area contributed by atoms with Gasteiger partial charge >= 0.3 is 0 Å². The maximum Gasteiger partial charge on any atom is 0.251 e. The highest BCUT2D eigenvalue weighted by Gasteiger charge is 2.43. The van der Waals surface area contributed by atoms with Crippen molar-refractivity contribution in [3.05, 3.63) is 93.7 Å². The lowest BCUT2D eigenvalue weighted by atomic mass is 9.84. The molecule has 21 N–H and O–H groups in total. The molecule has 0 saturated heterocycles. The summed E-state index contributed by atoms with van der Waals surface area (Å²) in [6, 6.07) is -2.36. The Morgan fingerprint density at radius 1 is 0.362 bits per heavy atom. The van der Waals surface area contributed by atoms with E-state index in [1.807, 2.05) is 14.1 Å². The summed E-state index contributed by atoms with van der Waals surface area (Å²) in [6.45, 7) is 0.107. The van der Waals surface area contributed by atoms with Crippen LogP contribution in [0.5, 0.6) is 0 Å². The summed E-state index contributed by atoms with van der Waals surface area (Å²) in [5.74, 6) is -10.2. The maximum atomic E-state index is 14.7. The van der Waals surface area contributed by atoms with Crippen LogP contribution in [0.15, 0.2) is 93.7 Å². The molecule has 127 heavy (non-hydrogen) atoms. The fourth-order valence-corrected chi connectivity index (χ4v) is 18.7. The fraction of sp³-hybridized carbons (Fsp3) is 0.618. The first-order valence-electron chi connectivity index (χ1n) is 45.0. The Bertz CT molecular complexity index is 4430. The number of Topliss-reactive ketones (excluding diaryl/α,β-unsaturated/α-hetero) is 1. The van der Waals surface area contributed by atoms with Crippen LogP contribution in [-0.4, -0.2) is 223 Å². The molecule has 0 radical (unpaired) electrons. The Hall–Kier alpha value is -11.5. The van der Waals surface area contributed by atoms with Gasteiger partial charge in [-0.05, 0) is 160 Å². The minimum Gasteiger partial charge on any atom is -0.355 e. The van der Waals surface area contributed by atoms with E-state index in [4.69, 9.17) is 5.73 Å². The summed E-state index contributed by atoms with van der Waals surface area (Å²) in [5, 5.41) is 54.4. The van der Waals surface area contributed by atoms with Gasteiger partial charge in [-0.15, -0.1) is 0 Å². The molecule has 15 atom stereocenters. The Morgan fingerprint density at radius 3 is 1.20 bits per heavy atom. The molecular weight excluding hydrogens is 1640 g/mol. The number of rotatable bonds is 46. The van der Waals surface area contributed by atoms with Crippen LogP contribution in [0.4, 0.5) is 0 Å². The lowest BCUT2D eigenvalue weighted by Gasteiger charge is -2.23. The van der Waals surface area contributed by atoms with Gasteiger partial charge in [0.05, 0.1) is 6.04 Å². The molecule has 0 aliphatic heterocycles. The molecular formula is C89H128N20O18. The number of allylic oxidation sites excluding steroid dienone is 7. The highest BCUT2D eigenvalue weighted by Crippen LogP contribution is 2.41. The molecule has 10 aliphatic rings. The highest BCUT2D eigenvalue weighted by atomic mass is 16.2. The number of likely N-dealkylation sites (N-methyl/N-ethyl adjacent to an activating group) is 2. The van der Waals surface area contributed by atoms with Crippen LogP contribution in [-0.2, 0) is 86.3 Å². The molecule has 38 nitrogen and oxygen atoms in total. The topological polar surface area (TPSA) is 562 Å². The van der Waals surface area contributed by atoms with Gasteiger partial charge in [0.15, 0.2) is 5.78 Å². The monoisotopic (exact) mass is 1760 g/mol. The minimum atomic E-state index is -1.25. The SMILES string of the molecule is CNC(=O)C1=CCC(NC(=O)CCNC(=O)C2CCC(NC(=O)CCNC(=O)C3CC(NC(=O)CCNC(=O)C4=CCC(NC(=O)CCNC(=O)C5CCC(NC)C5)=C4)CC3CC3C=C(NC(=O)CC(N)C(=O)C4CCC(NC(=O)CCNC(=O)C5CCC(NC)C5)C4)C=C3C(=O)NCCC(=O)NC3CCC(C(=O)NCCC(=O)NC4=CC=C(C(=O)NC)C4)C3)C2)=C1. The number of hydrogen-bond acceptors (Lipinski definition) is 21. The van der Waals surface area contributed by atoms with Gasteiger partial charge < -0.3 is 107 Å². The fourth-order valence-electron chi connectivity index (χ4n) is 18.7. The Morgan fingerprint density at radius 2 is 0.748 bits per heavy atom. The van der Waals surface area contributed by atoms with Gasteiger partial charge in [-0.3, -0.25) is 86.3 Å². The number of carbonyl (C=O) groups excluding carboxylic acids is 18. The lowest BCUT2D eigenvalue weighted by molar-refractivity contribution is -0.128. The Labute approximate surface area is 739 Å². The zero-order chi connectivity index (χ0) is 91.2. The van der Waals surface area contributed by atoms with Crippen molar-refractivity contribution in [2.24, 2.45) is 53.1 Å². The number of hydrogen-bond donors (Lipinski definition) is 20. The van der Waals surface area contributed by atoms with Gasteiger partial charge in [-0.25, -0.2) is 0 Å². The summed E-state index contributed by atoms with van der Waals surface area (Å²) in [6.07, 6.45) is 21.9. The maximum absolute atomic E-state index is 14.7. The lowest BCUT2D eigenvalue weighted by Crippen LogP contribution is -2.40. The summed E-state index contributed by atoms with van der Waals surface area (Å²) in [5.41, 5.74) is 9.64. The molecule has 6 fully saturated rings. The largest absolute Gasteiger partial charge is 0.355 e. The standard InChI is InChI=1S/C89H128N20O18/c1-91-59-13-6-52(37-59)83(121)95-28-21-72(110)102-61-15-5-49(36-61)80(118)71(90)48-79(117)109-68-45-58(70(47-68)89(127)101-34-27-77(115)107-66-20-12-55(43-66)86(124)98-31-24-74(112)104-63-17-9-51(40-63)82(120)94-4)35-57-44-67(108-78(116)25-32-99-87(125)56-10-18-64(41-56)105-75(113)22-29-96-84(122)53-7-14-60(38-53)92-2)46-69(57)88(126)100-33-26-76(114)106-65-19-11-54(42-65)85(123)97-30-23-73(111)103-62-16-8-50(39-62)81(119)93-3/h8-10,17,39,41,45,47,49,52-55,57-61,65-67,69,71,91-92H,5-7,11-16,18-38,40,42-44,46,48,90H2,1-4H3,(H,93,119)(H,94,120)(H,95,121)(H,96,122)(H,97,123)(H,98,124)(H,99,125)(H,100,126)(H,101,127)(H,102,110)(H,103,111)(H,104,112)(H,105,113)(H,106,114)(H,107,115)(H,108,116)(H,109,117). The first-order chi connectivity index (χ1) is 61.0. The highest BCUT2D eigenvalue weighted by molar-refractivity contribution is 6.00. The Balaban J connectivity index is 0.743. The van der Waals surface area contributed by atoms with Gasteiger partial charge in [-0.2, -0.15) is 0 Å². The number of carbonyl (C=O) groups is 18. The smallest absolute Gasteiger partial charge is 0.251 e. The third kappa shape index (κ3) is 30.3. The third-order valence-electron chi connectivity index (χ3n) is 25.6. The van der Waals surface area contributed by atoms with Gasteiger partial charge in [0.2, 0.25) is 88.6 Å². The molecule has 0 aromatic heterocycles. The second kappa shape index (κ2) is 48.4. The summed E-state index contributed by atoms with van der Waals surface area (Å²) in [7, 11) is 6.76. The molecule has 0 spiro atoms. The predicted molar refractivity (Wildman–Crippen MR) is 465 cm³/mol. The van der Waals surface area contributed by atoms with Crippen molar-refractivity contribution in [1.29, 1.82) is 0 Å². The van der Waals surface area contributed by atoms with Gasteiger partial charge in [-0.1, -0.05) is 24.3 Å². The molecule has 0 bridgehead atoms. The third-order valence-corrected chi connectivity index (χ3v) is 25.6. The van der Waals surface area contributed by atoms with Crippen molar-refractivity contribution in [3.8, 4) is 0 Å². The van der Waals surface area contributed by atoms with Crippen molar-refractivity contribution in [1.82, 2.24) is 101 Å². The number of nitrogens with two attached hydrogens (primary N) is 1. The molecule has 0 heterocycles. The van der Waals surface area contributed by atoms with Gasteiger partial charge in [0.25, 0.3) is 11.8 Å². The second-order valence-electron chi connectivity index (χ2n) is 34.9. The van der Waals surface area contributed by atoms with E-state index in [2.05, 4.69) is 101 Å². The van der Waals surface area contributed by atoms with Crippen LogP contribution in [0.25, 0.3) is 0 Å². The zero-order valence-corrected chi connectivity index (χ0v) is 73.2. The molecule has 692 valence electrons.